The number of Topliss-reactive ketones (excluding diaryl/α,β-unsaturated/α-hetero) is 1. The normalized spacial score (nSPS) is 36.9. The third-order valence-electron chi connectivity index (χ3n) is 12.7. The second kappa shape index (κ2) is 11.6. The highest BCUT2D eigenvalue weighted by atomic mass is 19.3. The van der Waals surface area contributed by atoms with Gasteiger partial charge in [-0.25, -0.2) is 8.78 Å². The number of carbonyl (C=O) groups excluding carboxylic acids is 2. The number of amides is 1. The third kappa shape index (κ3) is 5.45. The summed E-state index contributed by atoms with van der Waals surface area (Å²) in [5.74, 6) is 0.330. The number of hydrogen-bond acceptors (Lipinski definition) is 3. The fourth-order valence-electron chi connectivity index (χ4n) is 9.79. The molecule has 0 aromatic carbocycles. The minimum absolute atomic E-state index is 0.0206. The van der Waals surface area contributed by atoms with Crippen LogP contribution in [0.5, 0.6) is 0 Å². The second-order valence-electron chi connectivity index (χ2n) is 15.4. The van der Waals surface area contributed by atoms with Crippen LogP contribution >= 0.6 is 0 Å². The minimum atomic E-state index is -2.58. The van der Waals surface area contributed by atoms with Crippen molar-refractivity contribution in [1.82, 2.24) is 5.32 Å². The maximum Gasteiger partial charge on any atom is 0.255 e. The lowest BCUT2D eigenvalue weighted by molar-refractivity contribution is -0.154. The summed E-state index contributed by atoms with van der Waals surface area (Å²) in [4.78, 5) is 26.9. The van der Waals surface area contributed by atoms with E-state index in [1.54, 1.807) is 0 Å². The SMILES string of the molecule is C=C(C)C1CC[C@@](CCC(C)(C)[C@]2(C)CC[C@H]3C(C)(C)C(=O)C(C#N)=C[C@]3(C)[C@H]2CCC)(C(=O)NCC(F)F)[C@H]1C. The van der Waals surface area contributed by atoms with Crippen LogP contribution in [-0.2, 0) is 9.59 Å². The Kier molecular flexibility index (Phi) is 9.45. The van der Waals surface area contributed by atoms with Crippen molar-refractivity contribution in [1.29, 1.82) is 5.26 Å². The molecule has 3 aliphatic carbocycles. The molecule has 6 heteroatoms. The number of rotatable bonds is 10. The maximum atomic E-state index is 13.7. The molecule has 230 valence electrons. The van der Waals surface area contributed by atoms with Gasteiger partial charge in [0.05, 0.1) is 17.5 Å². The van der Waals surface area contributed by atoms with E-state index < -0.39 is 23.8 Å². The lowest BCUT2D eigenvalue weighted by atomic mass is 9.39. The Labute approximate surface area is 247 Å². The summed E-state index contributed by atoms with van der Waals surface area (Å²) in [6, 6.07) is 2.22. The molecule has 3 aliphatic rings. The Morgan fingerprint density at radius 1 is 1.22 bits per heavy atom. The number of carbonyl (C=O) groups is 2. The Morgan fingerprint density at radius 2 is 1.85 bits per heavy atom. The predicted octanol–water partition coefficient (Wildman–Crippen LogP) is 8.68. The smallest absolute Gasteiger partial charge is 0.255 e. The zero-order valence-electron chi connectivity index (χ0n) is 27.1. The molecule has 1 amide bonds. The molecule has 0 aromatic rings. The van der Waals surface area contributed by atoms with E-state index in [9.17, 15) is 23.6 Å². The van der Waals surface area contributed by atoms with Gasteiger partial charge in [0.2, 0.25) is 5.91 Å². The average Bonchev–Trinajstić information content (AvgIpc) is 3.23. The maximum absolute atomic E-state index is 13.7. The number of allylic oxidation sites excluding steroid dienone is 3. The van der Waals surface area contributed by atoms with Crippen LogP contribution in [0.3, 0.4) is 0 Å². The third-order valence-corrected chi connectivity index (χ3v) is 12.7. The Hall–Kier alpha value is -2.03. The summed E-state index contributed by atoms with van der Waals surface area (Å²) in [6.45, 7) is 23.2. The molecule has 4 nitrogen and oxygen atoms in total. The number of alkyl halides is 2. The van der Waals surface area contributed by atoms with Gasteiger partial charge in [-0.2, -0.15) is 5.26 Å². The van der Waals surface area contributed by atoms with Crippen LogP contribution in [0.2, 0.25) is 0 Å². The molecule has 7 atom stereocenters. The van der Waals surface area contributed by atoms with Crippen molar-refractivity contribution in [3.8, 4) is 6.07 Å². The van der Waals surface area contributed by atoms with Crippen molar-refractivity contribution in [2.75, 3.05) is 6.54 Å². The fourth-order valence-corrected chi connectivity index (χ4v) is 9.79. The molecule has 41 heavy (non-hydrogen) atoms. The highest BCUT2D eigenvalue weighted by molar-refractivity contribution is 6.04. The van der Waals surface area contributed by atoms with Gasteiger partial charge in [-0.15, -0.1) is 0 Å². The van der Waals surface area contributed by atoms with E-state index in [1.807, 2.05) is 26.8 Å². The molecule has 0 saturated heterocycles. The number of nitrogens with zero attached hydrogens (tertiary/aromatic N) is 1. The summed E-state index contributed by atoms with van der Waals surface area (Å²) >= 11 is 0. The van der Waals surface area contributed by atoms with Crippen molar-refractivity contribution < 1.29 is 18.4 Å². The van der Waals surface area contributed by atoms with Crippen molar-refractivity contribution in [3.05, 3.63) is 23.8 Å². The molecule has 0 heterocycles. The summed E-state index contributed by atoms with van der Waals surface area (Å²) in [5.41, 5.74) is -0.563. The molecule has 0 radical (unpaired) electrons. The topological polar surface area (TPSA) is 70.0 Å². The number of fused-ring (bicyclic) bond motifs is 1. The first-order valence-electron chi connectivity index (χ1n) is 15.7. The van der Waals surface area contributed by atoms with Gasteiger partial charge in [-0.05, 0) is 91.8 Å². The lowest BCUT2D eigenvalue weighted by Crippen LogP contribution is -2.59. The van der Waals surface area contributed by atoms with Gasteiger partial charge < -0.3 is 5.32 Å². The highest BCUT2D eigenvalue weighted by Gasteiger charge is 2.63. The number of halogens is 2. The van der Waals surface area contributed by atoms with Crippen LogP contribution in [0.25, 0.3) is 0 Å². The van der Waals surface area contributed by atoms with Crippen LogP contribution < -0.4 is 5.32 Å². The first-order valence-corrected chi connectivity index (χ1v) is 15.7. The summed E-state index contributed by atoms with van der Waals surface area (Å²) in [7, 11) is 0. The van der Waals surface area contributed by atoms with Gasteiger partial charge in [-0.1, -0.05) is 80.0 Å². The van der Waals surface area contributed by atoms with Crippen LogP contribution in [-0.4, -0.2) is 24.7 Å². The quantitative estimate of drug-likeness (QED) is 0.266. The molecule has 0 spiro atoms. The summed E-state index contributed by atoms with van der Waals surface area (Å²) < 4.78 is 26.2. The van der Waals surface area contributed by atoms with Gasteiger partial charge in [0.15, 0.2) is 5.78 Å². The number of nitriles is 1. The first-order chi connectivity index (χ1) is 18.9. The summed E-state index contributed by atoms with van der Waals surface area (Å²) in [6.07, 6.45) is 6.23. The minimum Gasteiger partial charge on any atom is -0.350 e. The lowest BCUT2D eigenvalue weighted by Gasteiger charge is -2.64. The first kappa shape index (κ1) is 33.5. The van der Waals surface area contributed by atoms with Crippen LogP contribution in [0.4, 0.5) is 8.78 Å². The van der Waals surface area contributed by atoms with E-state index in [0.717, 1.165) is 44.1 Å². The Balaban J connectivity index is 2.01. The van der Waals surface area contributed by atoms with Crippen molar-refractivity contribution in [2.45, 2.75) is 120 Å². The molecule has 2 fully saturated rings. The molecule has 3 rings (SSSR count). The van der Waals surface area contributed by atoms with Crippen LogP contribution in [0, 0.1) is 62.1 Å². The summed E-state index contributed by atoms with van der Waals surface area (Å²) in [5, 5.41) is 12.5. The predicted molar refractivity (Wildman–Crippen MR) is 161 cm³/mol. The van der Waals surface area contributed by atoms with Crippen LogP contribution in [0.1, 0.15) is 114 Å². The largest absolute Gasteiger partial charge is 0.350 e. The average molecular weight is 573 g/mol. The standard InChI is InChI=1S/C35H54F2N2O2/c1-11-12-27-33(9)19-24(20-38)29(40)32(7,8)26(33)14-15-34(27,10)31(5,6)17-18-35(30(41)39-21-28(36)37)16-13-25(22(2)3)23(35)4/h19,23,25-28H,2,11-18,21H2,1,3-10H3,(H,39,41)/t23-,25?,26-,27+,33-,34+,35-/m0/s1. The zero-order valence-corrected chi connectivity index (χ0v) is 27.1. The molecule has 1 unspecified atom stereocenters. The monoisotopic (exact) mass is 572 g/mol. The van der Waals surface area contributed by atoms with Gasteiger partial charge in [-0.3, -0.25) is 9.59 Å². The zero-order chi connectivity index (χ0) is 31.2. The van der Waals surface area contributed by atoms with E-state index in [1.165, 1.54) is 0 Å². The van der Waals surface area contributed by atoms with E-state index in [-0.39, 0.29) is 57.2 Å². The number of ketones is 1. The Bertz CT molecular complexity index is 1120. The fraction of sp³-hybridized carbons (Fsp3) is 0.800. The molecular weight excluding hydrogens is 518 g/mol. The van der Waals surface area contributed by atoms with Crippen molar-refractivity contribution in [2.24, 2.45) is 50.7 Å². The second-order valence-corrected chi connectivity index (χ2v) is 15.4. The molecule has 0 bridgehead atoms. The van der Waals surface area contributed by atoms with Crippen LogP contribution in [0.15, 0.2) is 23.8 Å². The van der Waals surface area contributed by atoms with Gasteiger partial charge >= 0.3 is 0 Å². The number of hydrogen-bond donors (Lipinski definition) is 1. The highest BCUT2D eigenvalue weighted by Crippen LogP contribution is 2.68. The van der Waals surface area contributed by atoms with Gasteiger partial charge in [0.25, 0.3) is 6.43 Å². The molecule has 2 saturated carbocycles. The van der Waals surface area contributed by atoms with E-state index in [2.05, 4.69) is 59.5 Å². The molecule has 0 aromatic heterocycles. The van der Waals surface area contributed by atoms with E-state index in [0.29, 0.717) is 12.8 Å². The molecule has 1 N–H and O–H groups in total. The van der Waals surface area contributed by atoms with Gasteiger partial charge in [0.1, 0.15) is 6.07 Å². The van der Waals surface area contributed by atoms with Crippen molar-refractivity contribution >= 4 is 11.7 Å². The Morgan fingerprint density at radius 3 is 2.37 bits per heavy atom. The van der Waals surface area contributed by atoms with E-state index >= 15 is 0 Å². The van der Waals surface area contributed by atoms with E-state index in [4.69, 9.17) is 0 Å². The molecule has 0 aliphatic heterocycles. The van der Waals surface area contributed by atoms with Gasteiger partial charge in [0, 0.05) is 5.41 Å². The number of nitrogens with one attached hydrogen (secondary N) is 1. The molecular formula is C35H54F2N2O2. The van der Waals surface area contributed by atoms with Crippen molar-refractivity contribution in [3.63, 3.8) is 0 Å².